The molecule has 0 saturated carbocycles. The van der Waals surface area contributed by atoms with Crippen molar-refractivity contribution in [3.05, 3.63) is 43.0 Å². The average Bonchev–Trinajstić information content (AvgIpc) is 2.49. The minimum absolute atomic E-state index is 0.0479. The van der Waals surface area contributed by atoms with Crippen LogP contribution in [0.1, 0.15) is 0 Å². The molecule has 0 bridgehead atoms. The lowest BCUT2D eigenvalue weighted by atomic mass is 10.2. The summed E-state index contributed by atoms with van der Waals surface area (Å²) in [4.78, 5) is 33.3. The molecular formula is C12H13N3O7S. The fraction of sp³-hybridized carbons (Fsp3) is 0.333. The first kappa shape index (κ1) is 16.8. The summed E-state index contributed by atoms with van der Waals surface area (Å²) in [5, 5.41) is 20.0. The van der Waals surface area contributed by atoms with Gasteiger partial charge in [0.05, 0.1) is 28.3 Å². The molecular weight excluding hydrogens is 330 g/mol. The van der Waals surface area contributed by atoms with Gasteiger partial charge in [-0.2, -0.15) is 0 Å². The monoisotopic (exact) mass is 343 g/mol. The highest BCUT2D eigenvalue weighted by Crippen LogP contribution is 2.29. The van der Waals surface area contributed by atoms with Gasteiger partial charge in [-0.05, 0) is 6.07 Å². The molecule has 0 saturated heterocycles. The number of nitro benzene ring substituents is 1. The summed E-state index contributed by atoms with van der Waals surface area (Å²) in [7, 11) is -1.60. The van der Waals surface area contributed by atoms with Gasteiger partial charge in [0.25, 0.3) is 5.69 Å². The zero-order valence-electron chi connectivity index (χ0n) is 12.2. The van der Waals surface area contributed by atoms with Gasteiger partial charge in [-0.1, -0.05) is 0 Å². The van der Waals surface area contributed by atoms with Gasteiger partial charge in [0, 0.05) is 20.2 Å². The predicted molar refractivity (Wildman–Crippen MR) is 80.2 cm³/mol. The summed E-state index contributed by atoms with van der Waals surface area (Å²) in [6.45, 7) is -0.705. The molecule has 1 heterocycles. The molecule has 0 aliphatic rings. The molecule has 1 aromatic carbocycles. The van der Waals surface area contributed by atoms with E-state index in [9.17, 15) is 28.1 Å². The number of aliphatic hydroxyl groups excluding tert-OH is 1. The zero-order valence-corrected chi connectivity index (χ0v) is 13.0. The molecule has 0 aliphatic heterocycles. The normalized spacial score (nSPS) is 11.8. The van der Waals surface area contributed by atoms with E-state index in [0.29, 0.717) is 0 Å². The smallest absolute Gasteiger partial charge is 0.316 e. The van der Waals surface area contributed by atoms with E-state index in [1.807, 2.05) is 0 Å². The lowest BCUT2D eigenvalue weighted by molar-refractivity contribution is -0.387. The van der Waals surface area contributed by atoms with E-state index in [2.05, 4.69) is 0 Å². The van der Waals surface area contributed by atoms with Crippen LogP contribution in [-0.2, 0) is 23.9 Å². The van der Waals surface area contributed by atoms with Crippen LogP contribution < -0.4 is 11.1 Å². The number of sulfone groups is 1. The molecule has 0 spiro atoms. The molecule has 0 radical (unpaired) electrons. The molecule has 2 aromatic rings. The number of aromatic nitrogens is 2. The van der Waals surface area contributed by atoms with E-state index >= 15 is 0 Å². The zero-order chi connectivity index (χ0) is 17.5. The van der Waals surface area contributed by atoms with Crippen LogP contribution in [0.2, 0.25) is 0 Å². The van der Waals surface area contributed by atoms with Gasteiger partial charge in [0.15, 0.2) is 9.84 Å². The van der Waals surface area contributed by atoms with Gasteiger partial charge in [0.2, 0.25) is 0 Å². The summed E-state index contributed by atoms with van der Waals surface area (Å²) < 4.78 is 26.1. The van der Waals surface area contributed by atoms with Crippen molar-refractivity contribution in [3.63, 3.8) is 0 Å². The highest BCUT2D eigenvalue weighted by atomic mass is 32.2. The molecule has 2 rings (SSSR count). The highest BCUT2D eigenvalue weighted by Gasteiger charge is 2.27. The molecule has 0 unspecified atom stereocenters. The second kappa shape index (κ2) is 5.59. The van der Waals surface area contributed by atoms with Crippen molar-refractivity contribution in [2.45, 2.75) is 4.90 Å². The van der Waals surface area contributed by atoms with Gasteiger partial charge in [0.1, 0.15) is 4.90 Å². The average molecular weight is 343 g/mol. The number of benzene rings is 1. The van der Waals surface area contributed by atoms with Crippen LogP contribution in [0.4, 0.5) is 5.69 Å². The van der Waals surface area contributed by atoms with Gasteiger partial charge in [-0.3, -0.25) is 19.7 Å². The third-order valence-corrected chi connectivity index (χ3v) is 5.18. The molecule has 1 N–H and O–H groups in total. The Morgan fingerprint density at radius 2 is 1.61 bits per heavy atom. The third kappa shape index (κ3) is 2.64. The van der Waals surface area contributed by atoms with Crippen molar-refractivity contribution in [1.82, 2.24) is 9.13 Å². The second-order valence-electron chi connectivity index (χ2n) is 4.84. The quantitative estimate of drug-likeness (QED) is 0.422. The van der Waals surface area contributed by atoms with Crippen LogP contribution in [-0.4, -0.2) is 39.9 Å². The van der Waals surface area contributed by atoms with Crippen molar-refractivity contribution >= 4 is 26.6 Å². The van der Waals surface area contributed by atoms with Crippen molar-refractivity contribution < 1.29 is 18.4 Å². The Labute approximate surface area is 129 Å². The summed E-state index contributed by atoms with van der Waals surface area (Å²) in [5.74, 6) is -0.695. The fourth-order valence-electron chi connectivity index (χ4n) is 2.21. The minimum Gasteiger partial charge on any atom is -0.395 e. The van der Waals surface area contributed by atoms with Gasteiger partial charge in [-0.25, -0.2) is 8.42 Å². The first-order valence-corrected chi connectivity index (χ1v) is 7.99. The van der Waals surface area contributed by atoms with Gasteiger partial charge >= 0.3 is 11.1 Å². The molecule has 124 valence electrons. The lowest BCUT2D eigenvalue weighted by Gasteiger charge is -2.11. The largest absolute Gasteiger partial charge is 0.395 e. The molecule has 0 aliphatic carbocycles. The number of nitrogens with zero attached hydrogens (tertiary/aromatic N) is 3. The first-order valence-electron chi connectivity index (χ1n) is 6.33. The third-order valence-electron chi connectivity index (χ3n) is 3.46. The van der Waals surface area contributed by atoms with E-state index in [0.717, 1.165) is 21.3 Å². The number of aryl methyl sites for hydroxylation is 2. The summed E-state index contributed by atoms with van der Waals surface area (Å²) in [5.41, 5.74) is -2.40. The topological polar surface area (TPSA) is 142 Å². The maximum atomic E-state index is 12.1. The van der Waals surface area contributed by atoms with Crippen molar-refractivity contribution in [3.8, 4) is 0 Å². The van der Waals surface area contributed by atoms with Gasteiger partial charge in [-0.15, -0.1) is 0 Å². The number of hydrogen-bond acceptors (Lipinski definition) is 7. The fourth-order valence-corrected chi connectivity index (χ4v) is 3.42. The van der Waals surface area contributed by atoms with E-state index in [1.54, 1.807) is 0 Å². The first-order chi connectivity index (χ1) is 10.6. The molecule has 11 heteroatoms. The standard InChI is InChI=1S/C12H13N3O7S/c1-13-7-5-9(15(19)20)10(23(21,22)4-3-16)6-8(7)14(2)12(18)11(13)17/h5-6,16H,3-4H2,1-2H3. The number of fused-ring (bicyclic) bond motifs is 1. The Hall–Kier alpha value is -2.53. The Kier molecular flexibility index (Phi) is 4.09. The molecule has 10 nitrogen and oxygen atoms in total. The van der Waals surface area contributed by atoms with Gasteiger partial charge < -0.3 is 14.2 Å². The SMILES string of the molecule is Cn1c(=O)c(=O)n(C)c2cc(S(=O)(=O)CCO)c([N+](=O)[O-])cc21. The predicted octanol–water partition coefficient (Wildman–Crippen LogP) is -1.09. The number of hydrogen-bond donors (Lipinski definition) is 1. The number of rotatable bonds is 4. The van der Waals surface area contributed by atoms with Crippen molar-refractivity contribution in [1.29, 1.82) is 0 Å². The number of nitro groups is 1. The molecule has 0 atom stereocenters. The second-order valence-corrected chi connectivity index (χ2v) is 6.91. The van der Waals surface area contributed by atoms with Crippen LogP contribution in [0.25, 0.3) is 11.0 Å². The summed E-state index contributed by atoms with van der Waals surface area (Å²) in [6.07, 6.45) is 0. The Morgan fingerprint density at radius 1 is 1.13 bits per heavy atom. The van der Waals surface area contributed by atoms with Crippen LogP contribution in [0.5, 0.6) is 0 Å². The summed E-state index contributed by atoms with van der Waals surface area (Å²) >= 11 is 0. The highest BCUT2D eigenvalue weighted by molar-refractivity contribution is 7.91. The molecule has 23 heavy (non-hydrogen) atoms. The summed E-state index contributed by atoms with van der Waals surface area (Å²) in [6, 6.07) is 1.90. The molecule has 1 aromatic heterocycles. The number of aliphatic hydroxyl groups is 1. The Bertz CT molecular complexity index is 1030. The van der Waals surface area contributed by atoms with Crippen molar-refractivity contribution in [2.24, 2.45) is 14.1 Å². The van der Waals surface area contributed by atoms with E-state index in [4.69, 9.17) is 5.11 Å². The van der Waals surface area contributed by atoms with E-state index in [-0.39, 0.29) is 11.0 Å². The lowest BCUT2D eigenvalue weighted by Crippen LogP contribution is -2.39. The van der Waals surface area contributed by atoms with Crippen LogP contribution in [0.3, 0.4) is 0 Å². The van der Waals surface area contributed by atoms with E-state index < -0.39 is 48.8 Å². The maximum absolute atomic E-state index is 12.1. The van der Waals surface area contributed by atoms with Crippen LogP contribution >= 0.6 is 0 Å². The minimum atomic E-state index is -4.12. The van der Waals surface area contributed by atoms with Crippen LogP contribution in [0.15, 0.2) is 26.6 Å². The maximum Gasteiger partial charge on any atom is 0.316 e. The molecule has 0 amide bonds. The Morgan fingerprint density at radius 3 is 2.04 bits per heavy atom. The Balaban J connectivity index is 3.06. The van der Waals surface area contributed by atoms with Crippen molar-refractivity contribution in [2.75, 3.05) is 12.4 Å². The van der Waals surface area contributed by atoms with Crippen LogP contribution in [0, 0.1) is 10.1 Å². The molecule has 0 fully saturated rings. The van der Waals surface area contributed by atoms with E-state index in [1.165, 1.54) is 14.1 Å².